The lowest BCUT2D eigenvalue weighted by Crippen LogP contribution is -2.50. The van der Waals surface area contributed by atoms with Crippen molar-refractivity contribution >= 4 is 27.5 Å². The van der Waals surface area contributed by atoms with Crippen LogP contribution in [0.25, 0.3) is 0 Å². The third kappa shape index (κ3) is 4.26. The zero-order chi connectivity index (χ0) is 19.8. The minimum absolute atomic E-state index is 0.00713. The summed E-state index contributed by atoms with van der Waals surface area (Å²) >= 11 is 0. The number of likely N-dealkylation sites (tertiary alicyclic amines) is 1. The van der Waals surface area contributed by atoms with Gasteiger partial charge < -0.3 is 10.2 Å². The minimum atomic E-state index is -3.30. The molecule has 27 heavy (non-hydrogen) atoms. The number of benzene rings is 1. The van der Waals surface area contributed by atoms with Gasteiger partial charge in [-0.15, -0.1) is 0 Å². The Hall–Kier alpha value is -2.09. The van der Waals surface area contributed by atoms with Gasteiger partial charge in [0.05, 0.1) is 11.9 Å². The largest absolute Gasteiger partial charge is 0.351 e. The molecule has 1 unspecified atom stereocenters. The second-order valence-electron chi connectivity index (χ2n) is 7.68. The number of hydrogen-bond donors (Lipinski definition) is 1. The fraction of sp³-hybridized carbons (Fsp3) is 0.579. The Labute approximate surface area is 160 Å². The van der Waals surface area contributed by atoms with Crippen molar-refractivity contribution in [2.75, 3.05) is 30.2 Å². The molecule has 0 radical (unpaired) electrons. The van der Waals surface area contributed by atoms with Gasteiger partial charge >= 0.3 is 0 Å². The van der Waals surface area contributed by atoms with Crippen LogP contribution in [0.5, 0.6) is 0 Å². The summed E-state index contributed by atoms with van der Waals surface area (Å²) in [7, 11) is -3.30. The first-order valence-corrected chi connectivity index (χ1v) is 11.2. The lowest BCUT2D eigenvalue weighted by Gasteiger charge is -2.33. The molecular formula is C19H27N3O4S. The summed E-state index contributed by atoms with van der Waals surface area (Å²) < 4.78 is 25.1. The lowest BCUT2D eigenvalue weighted by atomic mass is 10.0. The molecule has 3 rings (SSSR count). The Morgan fingerprint density at radius 1 is 1.22 bits per heavy atom. The molecule has 0 aromatic heterocycles. The van der Waals surface area contributed by atoms with E-state index >= 15 is 0 Å². The number of nitrogens with one attached hydrogen (secondary N) is 1. The van der Waals surface area contributed by atoms with Crippen LogP contribution in [0.4, 0.5) is 5.69 Å². The summed E-state index contributed by atoms with van der Waals surface area (Å²) in [4.78, 5) is 26.6. The van der Waals surface area contributed by atoms with Crippen molar-refractivity contribution in [3.8, 4) is 0 Å². The van der Waals surface area contributed by atoms with Gasteiger partial charge in [-0.2, -0.15) is 0 Å². The molecule has 0 bridgehead atoms. The van der Waals surface area contributed by atoms with E-state index < -0.39 is 10.0 Å². The van der Waals surface area contributed by atoms with Crippen molar-refractivity contribution < 1.29 is 18.0 Å². The molecule has 2 heterocycles. The fourth-order valence-electron chi connectivity index (χ4n) is 3.68. The van der Waals surface area contributed by atoms with E-state index in [-0.39, 0.29) is 23.8 Å². The highest BCUT2D eigenvalue weighted by Crippen LogP contribution is 2.31. The summed E-state index contributed by atoms with van der Waals surface area (Å²) in [6, 6.07) is 5.20. The van der Waals surface area contributed by atoms with E-state index in [4.69, 9.17) is 0 Å². The van der Waals surface area contributed by atoms with Crippen LogP contribution in [0.1, 0.15) is 42.6 Å². The third-order valence-electron chi connectivity index (χ3n) is 5.16. The molecule has 1 N–H and O–H groups in total. The zero-order valence-corrected chi connectivity index (χ0v) is 16.9. The van der Waals surface area contributed by atoms with Gasteiger partial charge in [-0.3, -0.25) is 13.9 Å². The Morgan fingerprint density at radius 3 is 2.63 bits per heavy atom. The Kier molecular flexibility index (Phi) is 5.46. The number of nitrogens with zero attached hydrogens (tertiary/aromatic N) is 2. The van der Waals surface area contributed by atoms with E-state index in [1.165, 1.54) is 10.6 Å². The number of rotatable bonds is 4. The molecule has 1 fully saturated rings. The fourth-order valence-corrected chi connectivity index (χ4v) is 4.64. The number of carbonyl (C=O) groups excluding carboxylic acids is 2. The van der Waals surface area contributed by atoms with Crippen molar-refractivity contribution in [1.82, 2.24) is 10.2 Å². The molecule has 148 valence electrons. The van der Waals surface area contributed by atoms with Crippen molar-refractivity contribution in [1.29, 1.82) is 0 Å². The quantitative estimate of drug-likeness (QED) is 0.837. The average molecular weight is 394 g/mol. The molecule has 1 aromatic rings. The molecule has 0 spiro atoms. The van der Waals surface area contributed by atoms with Crippen LogP contribution in [0, 0.1) is 5.92 Å². The Morgan fingerprint density at radius 2 is 1.96 bits per heavy atom. The molecule has 2 aliphatic rings. The average Bonchev–Trinajstić information content (AvgIpc) is 3.04. The zero-order valence-electron chi connectivity index (χ0n) is 16.1. The highest BCUT2D eigenvalue weighted by Gasteiger charge is 2.29. The normalized spacial score (nSPS) is 19.9. The molecule has 1 atom stereocenters. The third-order valence-corrected chi connectivity index (χ3v) is 6.34. The maximum absolute atomic E-state index is 12.9. The maximum Gasteiger partial charge on any atom is 0.253 e. The monoisotopic (exact) mass is 393 g/mol. The standard InChI is InChI=1S/C19H27N3O4S/c1-13(2)18(23)20-16-5-4-9-21(12-16)19(24)15-6-7-17-14(11-15)8-10-22(17)27(3,25)26/h6-7,11,13,16H,4-5,8-10,12H2,1-3H3,(H,20,23). The summed E-state index contributed by atoms with van der Waals surface area (Å²) in [5.74, 6) is -0.141. The molecule has 0 saturated carbocycles. The number of piperidine rings is 1. The predicted octanol–water partition coefficient (Wildman–Crippen LogP) is 1.39. The Balaban J connectivity index is 1.72. The van der Waals surface area contributed by atoms with E-state index in [1.54, 1.807) is 23.1 Å². The number of carbonyl (C=O) groups is 2. The maximum atomic E-state index is 12.9. The minimum Gasteiger partial charge on any atom is -0.351 e. The first-order valence-electron chi connectivity index (χ1n) is 9.37. The number of anilines is 1. The number of hydrogen-bond acceptors (Lipinski definition) is 4. The molecule has 2 aliphatic heterocycles. The van der Waals surface area contributed by atoms with E-state index in [0.29, 0.717) is 37.3 Å². The Bertz CT molecular complexity index is 851. The van der Waals surface area contributed by atoms with Gasteiger partial charge in [-0.1, -0.05) is 13.8 Å². The van der Waals surface area contributed by atoms with E-state index in [1.807, 2.05) is 13.8 Å². The van der Waals surface area contributed by atoms with E-state index in [2.05, 4.69) is 5.32 Å². The molecule has 1 aromatic carbocycles. The van der Waals surface area contributed by atoms with Crippen molar-refractivity contribution in [3.63, 3.8) is 0 Å². The molecule has 7 nitrogen and oxygen atoms in total. The van der Waals surface area contributed by atoms with Crippen LogP contribution >= 0.6 is 0 Å². The summed E-state index contributed by atoms with van der Waals surface area (Å²) in [6.07, 6.45) is 3.52. The molecule has 2 amide bonds. The predicted molar refractivity (Wildman–Crippen MR) is 104 cm³/mol. The number of fused-ring (bicyclic) bond motifs is 1. The van der Waals surface area contributed by atoms with Gasteiger partial charge in [0.2, 0.25) is 15.9 Å². The first-order chi connectivity index (χ1) is 12.7. The SMILES string of the molecule is CC(C)C(=O)NC1CCCN(C(=O)c2ccc3c(c2)CCN3S(C)(=O)=O)C1. The second kappa shape index (κ2) is 7.50. The highest BCUT2D eigenvalue weighted by molar-refractivity contribution is 7.92. The molecule has 1 saturated heterocycles. The summed E-state index contributed by atoms with van der Waals surface area (Å²) in [6.45, 7) is 5.29. The van der Waals surface area contributed by atoms with Crippen LogP contribution in [0.3, 0.4) is 0 Å². The van der Waals surface area contributed by atoms with Gasteiger partial charge in [-0.05, 0) is 43.0 Å². The van der Waals surface area contributed by atoms with Gasteiger partial charge in [0.1, 0.15) is 0 Å². The smallest absolute Gasteiger partial charge is 0.253 e. The van der Waals surface area contributed by atoms with Crippen molar-refractivity contribution in [2.24, 2.45) is 5.92 Å². The van der Waals surface area contributed by atoms with E-state index in [9.17, 15) is 18.0 Å². The van der Waals surface area contributed by atoms with Crippen LogP contribution in [0.15, 0.2) is 18.2 Å². The topological polar surface area (TPSA) is 86.8 Å². The lowest BCUT2D eigenvalue weighted by molar-refractivity contribution is -0.125. The van der Waals surface area contributed by atoms with Crippen LogP contribution in [-0.4, -0.2) is 57.1 Å². The highest BCUT2D eigenvalue weighted by atomic mass is 32.2. The summed E-state index contributed by atoms with van der Waals surface area (Å²) in [5, 5.41) is 3.01. The van der Waals surface area contributed by atoms with Crippen LogP contribution in [0.2, 0.25) is 0 Å². The van der Waals surface area contributed by atoms with Crippen LogP contribution < -0.4 is 9.62 Å². The number of amides is 2. The molecule has 8 heteroatoms. The second-order valence-corrected chi connectivity index (χ2v) is 9.59. The van der Waals surface area contributed by atoms with Gasteiger partial charge in [0.25, 0.3) is 5.91 Å². The number of sulfonamides is 1. The molecular weight excluding hydrogens is 366 g/mol. The van der Waals surface area contributed by atoms with Gasteiger partial charge in [0.15, 0.2) is 0 Å². The van der Waals surface area contributed by atoms with Gasteiger partial charge in [0, 0.05) is 37.2 Å². The first kappa shape index (κ1) is 19.7. The van der Waals surface area contributed by atoms with Crippen LogP contribution in [-0.2, 0) is 21.2 Å². The van der Waals surface area contributed by atoms with Crippen molar-refractivity contribution in [2.45, 2.75) is 39.2 Å². The molecule has 0 aliphatic carbocycles. The van der Waals surface area contributed by atoms with E-state index in [0.717, 1.165) is 18.4 Å². The van der Waals surface area contributed by atoms with Crippen molar-refractivity contribution in [3.05, 3.63) is 29.3 Å². The van der Waals surface area contributed by atoms with Gasteiger partial charge in [-0.25, -0.2) is 8.42 Å². The summed E-state index contributed by atoms with van der Waals surface area (Å²) in [5.41, 5.74) is 2.11.